The Morgan fingerprint density at radius 3 is 1.88 bits per heavy atom. The standard InChI is InChI=1S/C21H26FNO/c1-14(2)21(15(3)4,20(23)24)19(16-10-6-5-7-11-16)17-12-8-9-13-18(17)22/h5-15,19H,1-4H3,(H2,23,24). The van der Waals surface area contributed by atoms with Crippen molar-refractivity contribution in [3.8, 4) is 0 Å². The smallest absolute Gasteiger partial charge is 0.225 e. The molecule has 0 saturated heterocycles. The number of hydrogen-bond acceptors (Lipinski definition) is 1. The molecular weight excluding hydrogens is 301 g/mol. The van der Waals surface area contributed by atoms with Gasteiger partial charge < -0.3 is 5.73 Å². The van der Waals surface area contributed by atoms with Gasteiger partial charge in [0.2, 0.25) is 5.91 Å². The van der Waals surface area contributed by atoms with Crippen LogP contribution >= 0.6 is 0 Å². The molecule has 2 nitrogen and oxygen atoms in total. The summed E-state index contributed by atoms with van der Waals surface area (Å²) in [4.78, 5) is 12.7. The highest BCUT2D eigenvalue weighted by molar-refractivity contribution is 5.83. The lowest BCUT2D eigenvalue weighted by molar-refractivity contribution is -0.134. The average Bonchev–Trinajstić information content (AvgIpc) is 2.53. The van der Waals surface area contributed by atoms with Crippen molar-refractivity contribution in [2.45, 2.75) is 33.6 Å². The molecule has 2 rings (SSSR count). The lowest BCUT2D eigenvalue weighted by Gasteiger charge is -2.45. The Labute approximate surface area is 143 Å². The van der Waals surface area contributed by atoms with Gasteiger partial charge >= 0.3 is 0 Å². The molecule has 2 aromatic rings. The van der Waals surface area contributed by atoms with Crippen molar-refractivity contribution < 1.29 is 9.18 Å². The van der Waals surface area contributed by atoms with Crippen LogP contribution in [0.4, 0.5) is 4.39 Å². The van der Waals surface area contributed by atoms with Crippen LogP contribution in [0.1, 0.15) is 44.7 Å². The van der Waals surface area contributed by atoms with Gasteiger partial charge in [0.15, 0.2) is 0 Å². The largest absolute Gasteiger partial charge is 0.369 e. The summed E-state index contributed by atoms with van der Waals surface area (Å²) >= 11 is 0. The van der Waals surface area contributed by atoms with Gasteiger partial charge in [-0.2, -0.15) is 0 Å². The van der Waals surface area contributed by atoms with Crippen molar-refractivity contribution in [1.29, 1.82) is 0 Å². The van der Waals surface area contributed by atoms with E-state index in [9.17, 15) is 9.18 Å². The van der Waals surface area contributed by atoms with Crippen molar-refractivity contribution in [1.82, 2.24) is 0 Å². The number of primary amides is 1. The van der Waals surface area contributed by atoms with Crippen LogP contribution in [0.2, 0.25) is 0 Å². The van der Waals surface area contributed by atoms with Crippen LogP contribution in [0.15, 0.2) is 54.6 Å². The molecule has 0 aliphatic rings. The minimum absolute atomic E-state index is 0.0418. The SMILES string of the molecule is CC(C)C(C(N)=O)(C(C)C)C(c1ccccc1)c1ccccc1F. The number of carbonyl (C=O) groups excluding carboxylic acids is 1. The molecule has 0 aromatic heterocycles. The predicted octanol–water partition coefficient (Wildman–Crippen LogP) is 4.74. The van der Waals surface area contributed by atoms with E-state index in [2.05, 4.69) is 0 Å². The van der Waals surface area contributed by atoms with Crippen molar-refractivity contribution in [2.75, 3.05) is 0 Å². The van der Waals surface area contributed by atoms with Gasteiger partial charge in [-0.25, -0.2) is 4.39 Å². The minimum atomic E-state index is -0.885. The highest BCUT2D eigenvalue weighted by Crippen LogP contribution is 2.51. The number of rotatable bonds is 6. The molecular formula is C21H26FNO. The van der Waals surface area contributed by atoms with E-state index in [0.717, 1.165) is 5.56 Å². The Kier molecular flexibility index (Phi) is 5.43. The van der Waals surface area contributed by atoms with Crippen molar-refractivity contribution in [3.63, 3.8) is 0 Å². The summed E-state index contributed by atoms with van der Waals surface area (Å²) in [5.41, 5.74) is 6.48. The Bertz CT molecular complexity index is 686. The van der Waals surface area contributed by atoms with Gasteiger partial charge in [0, 0.05) is 5.92 Å². The Balaban J connectivity index is 2.83. The lowest BCUT2D eigenvalue weighted by Crippen LogP contribution is -2.50. The van der Waals surface area contributed by atoms with E-state index in [-0.39, 0.29) is 23.6 Å². The molecule has 2 aromatic carbocycles. The molecule has 24 heavy (non-hydrogen) atoms. The number of nitrogens with two attached hydrogens (primary N) is 1. The third kappa shape index (κ3) is 2.95. The third-order valence-electron chi connectivity index (χ3n) is 5.16. The van der Waals surface area contributed by atoms with Gasteiger partial charge in [-0.05, 0) is 29.0 Å². The summed E-state index contributed by atoms with van der Waals surface area (Å²) in [5, 5.41) is 0. The van der Waals surface area contributed by atoms with Crippen LogP contribution in [0.5, 0.6) is 0 Å². The second-order valence-corrected chi connectivity index (χ2v) is 6.97. The van der Waals surface area contributed by atoms with Gasteiger partial charge in [-0.15, -0.1) is 0 Å². The maximum absolute atomic E-state index is 14.7. The van der Waals surface area contributed by atoms with Crippen LogP contribution < -0.4 is 5.73 Å². The predicted molar refractivity (Wildman–Crippen MR) is 96.0 cm³/mol. The summed E-state index contributed by atoms with van der Waals surface area (Å²) in [6, 6.07) is 16.3. The van der Waals surface area contributed by atoms with E-state index in [1.54, 1.807) is 18.2 Å². The molecule has 1 unspecified atom stereocenters. The van der Waals surface area contributed by atoms with Gasteiger partial charge in [0.05, 0.1) is 5.41 Å². The van der Waals surface area contributed by atoms with Crippen LogP contribution in [-0.4, -0.2) is 5.91 Å². The maximum Gasteiger partial charge on any atom is 0.225 e. The molecule has 0 radical (unpaired) electrons. The maximum atomic E-state index is 14.7. The zero-order valence-electron chi connectivity index (χ0n) is 14.8. The Hall–Kier alpha value is -2.16. The number of carbonyl (C=O) groups is 1. The van der Waals surface area contributed by atoms with Crippen LogP contribution in [0.25, 0.3) is 0 Å². The quantitative estimate of drug-likeness (QED) is 0.818. The molecule has 2 N–H and O–H groups in total. The minimum Gasteiger partial charge on any atom is -0.369 e. The highest BCUT2D eigenvalue weighted by Gasteiger charge is 2.51. The number of halogens is 1. The van der Waals surface area contributed by atoms with Crippen LogP contribution in [0.3, 0.4) is 0 Å². The molecule has 0 fully saturated rings. The van der Waals surface area contributed by atoms with E-state index in [1.807, 2.05) is 58.0 Å². The fourth-order valence-corrected chi connectivity index (χ4v) is 4.11. The first-order valence-electron chi connectivity index (χ1n) is 8.42. The van der Waals surface area contributed by atoms with Crippen molar-refractivity contribution in [2.24, 2.45) is 23.0 Å². The molecule has 128 valence electrons. The summed E-state index contributed by atoms with van der Waals surface area (Å²) in [5.74, 6) is -1.21. The Morgan fingerprint density at radius 2 is 1.42 bits per heavy atom. The number of hydrogen-bond donors (Lipinski definition) is 1. The first-order valence-corrected chi connectivity index (χ1v) is 8.42. The Morgan fingerprint density at radius 1 is 0.917 bits per heavy atom. The second kappa shape index (κ2) is 7.16. The second-order valence-electron chi connectivity index (χ2n) is 6.97. The zero-order valence-corrected chi connectivity index (χ0v) is 14.8. The first kappa shape index (κ1) is 18.2. The van der Waals surface area contributed by atoms with E-state index in [1.165, 1.54) is 6.07 Å². The van der Waals surface area contributed by atoms with Crippen LogP contribution in [0, 0.1) is 23.1 Å². The zero-order chi connectivity index (χ0) is 17.9. The van der Waals surface area contributed by atoms with Crippen molar-refractivity contribution in [3.05, 3.63) is 71.5 Å². The van der Waals surface area contributed by atoms with E-state index in [0.29, 0.717) is 5.56 Å². The summed E-state index contributed by atoms with van der Waals surface area (Å²) in [6.07, 6.45) is 0. The normalized spacial score (nSPS) is 13.3. The monoisotopic (exact) mass is 327 g/mol. The summed E-state index contributed by atoms with van der Waals surface area (Å²) < 4.78 is 14.7. The average molecular weight is 327 g/mol. The lowest BCUT2D eigenvalue weighted by atomic mass is 9.57. The van der Waals surface area contributed by atoms with E-state index >= 15 is 0 Å². The third-order valence-corrected chi connectivity index (χ3v) is 5.16. The van der Waals surface area contributed by atoms with Gasteiger partial charge in [0.25, 0.3) is 0 Å². The van der Waals surface area contributed by atoms with E-state index < -0.39 is 11.3 Å². The molecule has 1 atom stereocenters. The molecule has 0 bridgehead atoms. The van der Waals surface area contributed by atoms with E-state index in [4.69, 9.17) is 5.73 Å². The number of benzene rings is 2. The summed E-state index contributed by atoms with van der Waals surface area (Å²) in [7, 11) is 0. The van der Waals surface area contributed by atoms with Gasteiger partial charge in [-0.1, -0.05) is 76.2 Å². The molecule has 1 amide bonds. The van der Waals surface area contributed by atoms with Gasteiger partial charge in [0.1, 0.15) is 5.82 Å². The molecule has 0 aliphatic heterocycles. The topological polar surface area (TPSA) is 43.1 Å². The fourth-order valence-electron chi connectivity index (χ4n) is 4.11. The summed E-state index contributed by atoms with van der Waals surface area (Å²) in [6.45, 7) is 7.95. The molecule has 0 aliphatic carbocycles. The molecule has 0 spiro atoms. The highest BCUT2D eigenvalue weighted by atomic mass is 19.1. The van der Waals surface area contributed by atoms with Gasteiger partial charge in [-0.3, -0.25) is 4.79 Å². The molecule has 0 heterocycles. The van der Waals surface area contributed by atoms with Crippen molar-refractivity contribution >= 4 is 5.91 Å². The molecule has 3 heteroatoms. The fraction of sp³-hybridized carbons (Fsp3) is 0.381. The first-order chi connectivity index (χ1) is 11.3. The van der Waals surface area contributed by atoms with Crippen LogP contribution in [-0.2, 0) is 4.79 Å². The molecule has 0 saturated carbocycles. The number of amides is 1.